The number of rotatable bonds is 0. The van der Waals surface area contributed by atoms with Crippen LogP contribution >= 0.6 is 0 Å². The SMILES string of the molecule is O=[SiH2].[AlH3].[La]. The van der Waals surface area contributed by atoms with E-state index >= 15 is 0 Å². The van der Waals surface area contributed by atoms with Crippen LogP contribution in [0.25, 0.3) is 0 Å². The molecule has 0 spiro atoms. The van der Waals surface area contributed by atoms with Gasteiger partial charge in [0.15, 0.2) is 17.4 Å². The molecule has 0 rings (SSSR count). The quantitative estimate of drug-likeness (QED) is 0.418. The molecule has 1 radical (unpaired) electrons. The maximum Gasteiger partial charge on any atom is 0.245 e. The third kappa shape index (κ3) is 9.27. The van der Waals surface area contributed by atoms with Crippen LogP contribution in [-0.2, 0) is 4.46 Å². The Morgan fingerprint density at radius 1 is 1.25 bits per heavy atom. The smallest absolute Gasteiger partial charge is 0.245 e. The van der Waals surface area contributed by atoms with E-state index in [0.29, 0.717) is 10.1 Å². The zero-order valence-corrected chi connectivity index (χ0v) is 6.73. The van der Waals surface area contributed by atoms with Crippen molar-refractivity contribution in [2.75, 3.05) is 0 Å². The van der Waals surface area contributed by atoms with Crippen molar-refractivity contribution in [1.29, 1.82) is 0 Å². The van der Waals surface area contributed by atoms with Crippen LogP contribution in [0.2, 0.25) is 0 Å². The molecule has 0 saturated heterocycles. The van der Waals surface area contributed by atoms with E-state index in [1.165, 1.54) is 0 Å². The van der Waals surface area contributed by atoms with Gasteiger partial charge in [-0.2, -0.15) is 0 Å². The van der Waals surface area contributed by atoms with Gasteiger partial charge in [-0.15, -0.1) is 0 Å². The second-order valence-corrected chi connectivity index (χ2v) is 0. The Kier molecular flexibility index (Phi) is 93.8. The van der Waals surface area contributed by atoms with Crippen LogP contribution in [0.4, 0.5) is 0 Å². The Balaban J connectivity index is -0.00000000500. The van der Waals surface area contributed by atoms with Gasteiger partial charge in [-0.3, -0.25) is 0 Å². The van der Waals surface area contributed by atoms with Crippen molar-refractivity contribution in [2.24, 2.45) is 0 Å². The molecule has 0 heterocycles. The fourth-order valence-electron chi connectivity index (χ4n) is 0. The summed E-state index contributed by atoms with van der Waals surface area (Å²) in [6.45, 7) is 0. The van der Waals surface area contributed by atoms with Crippen LogP contribution < -0.4 is 0 Å². The van der Waals surface area contributed by atoms with Crippen LogP contribution in [0.3, 0.4) is 0 Å². The molecule has 0 aromatic carbocycles. The summed E-state index contributed by atoms with van der Waals surface area (Å²) in [6.07, 6.45) is 0. The molecule has 0 fully saturated rings. The van der Waals surface area contributed by atoms with Crippen molar-refractivity contribution in [3.63, 3.8) is 0 Å². The predicted molar refractivity (Wildman–Crippen MR) is 19.2 cm³/mol. The third-order valence-corrected chi connectivity index (χ3v) is 0. The minimum absolute atomic E-state index is 0. The largest absolute Gasteiger partial charge is 0.396 e. The summed E-state index contributed by atoms with van der Waals surface area (Å²) in [5.74, 6) is 0. The van der Waals surface area contributed by atoms with Gasteiger partial charge in [0, 0.05) is 35.6 Å². The first-order chi connectivity index (χ1) is 1.00. The molecule has 0 aliphatic heterocycles. The Labute approximate surface area is 66.7 Å². The summed E-state index contributed by atoms with van der Waals surface area (Å²) in [7, 11) is 0.611. The fourth-order valence-corrected chi connectivity index (χ4v) is 0. The van der Waals surface area contributed by atoms with Gasteiger partial charge in [0.2, 0.25) is 10.1 Å². The maximum absolute atomic E-state index is 8.28. The van der Waals surface area contributed by atoms with Crippen molar-refractivity contribution in [3.8, 4) is 0 Å². The Morgan fingerprint density at radius 3 is 1.25 bits per heavy atom. The predicted octanol–water partition coefficient (Wildman–Crippen LogP) is -2.22. The van der Waals surface area contributed by atoms with Gasteiger partial charge in [-0.25, -0.2) is 0 Å². The Hall–Kier alpha value is 1.74. The third-order valence-electron chi connectivity index (χ3n) is 0. The zero-order valence-electron chi connectivity index (χ0n) is 1.69. The first kappa shape index (κ1) is 17.2. The van der Waals surface area contributed by atoms with E-state index in [2.05, 4.69) is 0 Å². The molecule has 0 aliphatic carbocycles. The maximum atomic E-state index is 8.28. The van der Waals surface area contributed by atoms with E-state index in [1.54, 1.807) is 0 Å². The minimum atomic E-state index is 0. The van der Waals surface area contributed by atoms with Crippen molar-refractivity contribution >= 4 is 27.5 Å². The zero-order chi connectivity index (χ0) is 2.00. The molecular weight excluding hydrogens is 210 g/mol. The second kappa shape index (κ2) is 21.9. The summed E-state index contributed by atoms with van der Waals surface area (Å²) in [5.41, 5.74) is 0. The molecule has 0 aromatic rings. The summed E-state index contributed by atoms with van der Waals surface area (Å²) in [4.78, 5) is 0. The van der Waals surface area contributed by atoms with E-state index < -0.39 is 0 Å². The molecule has 0 unspecified atom stereocenters. The van der Waals surface area contributed by atoms with Gasteiger partial charge in [-0.1, -0.05) is 0 Å². The molecule has 21 valence electrons. The van der Waals surface area contributed by atoms with E-state index in [0.717, 1.165) is 0 Å². The van der Waals surface area contributed by atoms with Gasteiger partial charge in [0.1, 0.15) is 0 Å². The van der Waals surface area contributed by atoms with Crippen molar-refractivity contribution < 1.29 is 40.1 Å². The first-order valence-electron chi connectivity index (χ1n) is 0.289. The van der Waals surface area contributed by atoms with Gasteiger partial charge in [-0.05, 0) is 0 Å². The van der Waals surface area contributed by atoms with Gasteiger partial charge in [0.05, 0.1) is 0 Å². The average molecular weight is 215 g/mol. The monoisotopic (exact) mass is 215 g/mol. The van der Waals surface area contributed by atoms with E-state index in [1.807, 2.05) is 0 Å². The summed E-state index contributed by atoms with van der Waals surface area (Å²) < 4.78 is 8.28. The van der Waals surface area contributed by atoms with Crippen LogP contribution in [0.5, 0.6) is 0 Å². The van der Waals surface area contributed by atoms with Crippen LogP contribution in [0.15, 0.2) is 0 Å². The topological polar surface area (TPSA) is 17.1 Å². The van der Waals surface area contributed by atoms with Crippen molar-refractivity contribution in [1.82, 2.24) is 0 Å². The second-order valence-electron chi connectivity index (χ2n) is 0. The molecule has 0 aromatic heterocycles. The standard InChI is InChI=1S/Al.La.H2OSi.3H/c;;1-2;;;/h;;2H2;;;. The van der Waals surface area contributed by atoms with Crippen LogP contribution in [0.1, 0.15) is 0 Å². The average Bonchev–Trinajstić information content (AvgIpc) is 1.00. The Bertz CT molecular complexity index is 8.00. The molecule has 1 nitrogen and oxygen atoms in total. The minimum Gasteiger partial charge on any atom is -0.396 e. The van der Waals surface area contributed by atoms with Crippen molar-refractivity contribution in [3.05, 3.63) is 0 Å². The van der Waals surface area contributed by atoms with Gasteiger partial charge >= 0.3 is 0 Å². The number of hydrogen-bond acceptors (Lipinski definition) is 1. The van der Waals surface area contributed by atoms with E-state index in [4.69, 9.17) is 4.46 Å². The molecule has 4 heavy (non-hydrogen) atoms. The molecule has 0 N–H and O–H groups in total. The molecule has 4 heteroatoms. The molecule has 0 atom stereocenters. The summed E-state index contributed by atoms with van der Waals surface area (Å²) >= 11 is 0. The van der Waals surface area contributed by atoms with E-state index in [9.17, 15) is 0 Å². The summed E-state index contributed by atoms with van der Waals surface area (Å²) in [5, 5.41) is 0. The number of hydrogen-bond donors (Lipinski definition) is 0. The van der Waals surface area contributed by atoms with Gasteiger partial charge < -0.3 is 4.46 Å². The molecule has 0 bridgehead atoms. The van der Waals surface area contributed by atoms with E-state index in [-0.39, 0.29) is 53.0 Å². The Morgan fingerprint density at radius 2 is 1.25 bits per heavy atom. The fraction of sp³-hybridized carbons (Fsp3) is 0. The normalized spacial score (nSPS) is 1.00. The summed E-state index contributed by atoms with van der Waals surface area (Å²) in [6, 6.07) is 0. The van der Waals surface area contributed by atoms with Crippen LogP contribution in [0, 0.1) is 35.6 Å². The molecule has 0 aliphatic rings. The van der Waals surface area contributed by atoms with Gasteiger partial charge in [0.25, 0.3) is 0 Å². The molecule has 0 amide bonds. The first-order valence-corrected chi connectivity index (χ1v) is 0.866. The van der Waals surface area contributed by atoms with Crippen molar-refractivity contribution in [2.45, 2.75) is 0 Å². The molecule has 0 saturated carbocycles. The van der Waals surface area contributed by atoms with Crippen LogP contribution in [-0.4, -0.2) is 27.5 Å². The molecular formula is H5AlLaOSi.